The van der Waals surface area contributed by atoms with Crippen LogP contribution in [0.15, 0.2) is 54.9 Å². The van der Waals surface area contributed by atoms with Gasteiger partial charge in [-0.05, 0) is 42.2 Å². The Morgan fingerprint density at radius 3 is 2.90 bits per heavy atom. The average molecular weight is 400 g/mol. The Balaban J connectivity index is 1.27. The van der Waals surface area contributed by atoms with Crippen molar-refractivity contribution in [2.75, 3.05) is 23.4 Å². The van der Waals surface area contributed by atoms with Crippen molar-refractivity contribution in [2.24, 2.45) is 0 Å². The van der Waals surface area contributed by atoms with E-state index in [1.807, 2.05) is 24.3 Å². The molecule has 1 atom stereocenters. The molecule has 1 fully saturated rings. The fourth-order valence-electron chi connectivity index (χ4n) is 4.92. The van der Waals surface area contributed by atoms with E-state index < -0.39 is 0 Å². The topological polar surface area (TPSA) is 70.5 Å². The first kappa shape index (κ1) is 17.6. The number of aromatic nitrogens is 2. The molecule has 3 aromatic rings. The minimum absolute atomic E-state index is 0.157. The molecule has 6 heteroatoms. The van der Waals surface area contributed by atoms with Crippen LogP contribution in [0.1, 0.15) is 42.0 Å². The first-order valence-corrected chi connectivity index (χ1v) is 10.6. The molecule has 1 spiro atoms. The maximum absolute atomic E-state index is 9.94. The Morgan fingerprint density at radius 1 is 1.10 bits per heavy atom. The first-order chi connectivity index (χ1) is 14.7. The summed E-state index contributed by atoms with van der Waals surface area (Å²) in [5.74, 6) is 3.08. The predicted octanol–water partition coefficient (Wildman–Crippen LogP) is 4.17. The number of nitrogens with zero attached hydrogens (tertiary/aromatic N) is 3. The number of aromatic hydroxyl groups is 1. The molecule has 6 rings (SSSR count). The second kappa shape index (κ2) is 6.62. The number of rotatable bonds is 3. The van der Waals surface area contributed by atoms with Crippen LogP contribution < -0.4 is 15.0 Å². The summed E-state index contributed by atoms with van der Waals surface area (Å²) in [6.07, 6.45) is 4.87. The molecule has 152 valence electrons. The number of para-hydroxylation sites is 1. The minimum Gasteiger partial charge on any atom is -0.508 e. The van der Waals surface area contributed by atoms with E-state index in [0.29, 0.717) is 12.4 Å². The molecule has 30 heavy (non-hydrogen) atoms. The fraction of sp³-hybridized carbons (Fsp3) is 0.333. The number of ether oxygens (including phenoxy) is 1. The van der Waals surface area contributed by atoms with Gasteiger partial charge in [-0.15, -0.1) is 0 Å². The van der Waals surface area contributed by atoms with Crippen LogP contribution in [0.2, 0.25) is 0 Å². The maximum Gasteiger partial charge on any atom is 0.134 e. The molecule has 2 aliphatic heterocycles. The summed E-state index contributed by atoms with van der Waals surface area (Å²) in [5.41, 5.74) is 3.92. The highest BCUT2D eigenvalue weighted by molar-refractivity contribution is 5.56. The Hall–Kier alpha value is -3.28. The number of nitrogens with one attached hydrogen (secondary N) is 1. The lowest BCUT2D eigenvalue weighted by molar-refractivity contribution is 0.274. The lowest BCUT2D eigenvalue weighted by atomic mass is 9.87. The molecule has 1 unspecified atom stereocenters. The van der Waals surface area contributed by atoms with Gasteiger partial charge in [0.05, 0.1) is 12.6 Å². The van der Waals surface area contributed by atoms with Crippen molar-refractivity contribution in [3.8, 4) is 11.5 Å². The fourth-order valence-corrected chi connectivity index (χ4v) is 4.92. The zero-order valence-corrected chi connectivity index (χ0v) is 16.7. The van der Waals surface area contributed by atoms with E-state index in [2.05, 4.69) is 38.4 Å². The van der Waals surface area contributed by atoms with Crippen molar-refractivity contribution >= 4 is 11.6 Å². The van der Waals surface area contributed by atoms with Gasteiger partial charge in [0.25, 0.3) is 0 Å². The molecule has 6 nitrogen and oxygen atoms in total. The number of hydrogen-bond donors (Lipinski definition) is 2. The summed E-state index contributed by atoms with van der Waals surface area (Å²) in [5, 5.41) is 13.5. The van der Waals surface area contributed by atoms with Gasteiger partial charge in [0, 0.05) is 36.6 Å². The Morgan fingerprint density at radius 2 is 2.00 bits per heavy atom. The van der Waals surface area contributed by atoms with Crippen molar-refractivity contribution in [1.82, 2.24) is 9.97 Å². The molecule has 1 aliphatic carbocycles. The second-order valence-corrected chi connectivity index (χ2v) is 8.61. The number of phenols is 1. The zero-order valence-electron chi connectivity index (χ0n) is 16.7. The van der Waals surface area contributed by atoms with Gasteiger partial charge < -0.3 is 20.1 Å². The third-order valence-corrected chi connectivity index (χ3v) is 6.63. The van der Waals surface area contributed by atoms with Gasteiger partial charge >= 0.3 is 0 Å². The highest BCUT2D eigenvalue weighted by atomic mass is 16.5. The second-order valence-electron chi connectivity index (χ2n) is 8.61. The molecule has 1 saturated carbocycles. The monoisotopic (exact) mass is 400 g/mol. The number of anilines is 2. The van der Waals surface area contributed by atoms with Crippen LogP contribution in [-0.4, -0.2) is 28.2 Å². The van der Waals surface area contributed by atoms with Crippen LogP contribution in [0, 0.1) is 0 Å². The van der Waals surface area contributed by atoms with Crippen molar-refractivity contribution < 1.29 is 9.84 Å². The van der Waals surface area contributed by atoms with Crippen LogP contribution >= 0.6 is 0 Å². The highest BCUT2D eigenvalue weighted by Crippen LogP contribution is 2.53. The smallest absolute Gasteiger partial charge is 0.134 e. The van der Waals surface area contributed by atoms with Gasteiger partial charge in [-0.3, -0.25) is 0 Å². The first-order valence-electron chi connectivity index (χ1n) is 10.6. The van der Waals surface area contributed by atoms with E-state index in [1.165, 1.54) is 16.7 Å². The molecular weight excluding hydrogens is 376 g/mol. The molecule has 2 aromatic carbocycles. The Kier molecular flexibility index (Phi) is 3.88. The normalized spacial score (nSPS) is 20.8. The SMILES string of the molecule is Oc1ccc2c(c1)C1(CC1)CN(c1cc(NC3CCOc4ccccc43)ncn1)C2. The number of phenolic OH excluding ortho intramolecular Hbond substituents is 1. The molecule has 3 aliphatic rings. The highest BCUT2D eigenvalue weighted by Gasteiger charge is 2.49. The van der Waals surface area contributed by atoms with Gasteiger partial charge in [-0.2, -0.15) is 0 Å². The molecule has 0 radical (unpaired) electrons. The molecule has 0 amide bonds. The third-order valence-electron chi connectivity index (χ3n) is 6.63. The van der Waals surface area contributed by atoms with Crippen molar-refractivity contribution in [2.45, 2.75) is 37.3 Å². The molecular formula is C24H24N4O2. The van der Waals surface area contributed by atoms with Crippen molar-refractivity contribution in [3.63, 3.8) is 0 Å². The molecule has 2 N–H and O–H groups in total. The van der Waals surface area contributed by atoms with Gasteiger partial charge in [0.15, 0.2) is 0 Å². The third kappa shape index (κ3) is 2.95. The summed E-state index contributed by atoms with van der Waals surface area (Å²) in [4.78, 5) is 11.4. The Bertz CT molecular complexity index is 1110. The van der Waals surface area contributed by atoms with Gasteiger partial charge in [0.2, 0.25) is 0 Å². The van der Waals surface area contributed by atoms with Crippen LogP contribution in [0.5, 0.6) is 11.5 Å². The molecule has 0 bridgehead atoms. The summed E-state index contributed by atoms with van der Waals surface area (Å²) in [6.45, 7) is 2.43. The van der Waals surface area contributed by atoms with Crippen molar-refractivity contribution in [1.29, 1.82) is 0 Å². The van der Waals surface area contributed by atoms with Gasteiger partial charge in [-0.1, -0.05) is 24.3 Å². The quantitative estimate of drug-likeness (QED) is 0.688. The standard InChI is InChI=1S/C24H24N4O2/c29-17-6-5-16-13-28(14-24(8-9-24)19(16)11-17)23-12-22(25-15-26-23)27-20-7-10-30-21-4-2-1-3-18(20)21/h1-6,11-12,15,20,29H,7-10,13-14H2,(H,25,26,27). The number of fused-ring (bicyclic) bond motifs is 3. The van der Waals surface area contributed by atoms with E-state index in [1.54, 1.807) is 12.4 Å². The predicted molar refractivity (Wildman–Crippen MR) is 115 cm³/mol. The summed E-state index contributed by atoms with van der Waals surface area (Å²) in [6, 6.07) is 16.2. The van der Waals surface area contributed by atoms with Crippen LogP contribution in [0.4, 0.5) is 11.6 Å². The van der Waals surface area contributed by atoms with Crippen molar-refractivity contribution in [3.05, 3.63) is 71.5 Å². The van der Waals surface area contributed by atoms with E-state index in [0.717, 1.165) is 49.7 Å². The molecule has 1 aromatic heterocycles. The minimum atomic E-state index is 0.157. The Labute approximate surface area is 175 Å². The van der Waals surface area contributed by atoms with Gasteiger partial charge in [0.1, 0.15) is 29.5 Å². The number of hydrogen-bond acceptors (Lipinski definition) is 6. The summed E-state index contributed by atoms with van der Waals surface area (Å²) in [7, 11) is 0. The number of benzene rings is 2. The lowest BCUT2D eigenvalue weighted by Gasteiger charge is -2.36. The average Bonchev–Trinajstić information content (AvgIpc) is 3.54. The van der Waals surface area contributed by atoms with E-state index >= 15 is 0 Å². The van der Waals surface area contributed by atoms with Gasteiger partial charge in [-0.25, -0.2) is 9.97 Å². The largest absolute Gasteiger partial charge is 0.508 e. The zero-order chi connectivity index (χ0) is 20.1. The lowest BCUT2D eigenvalue weighted by Crippen LogP contribution is -2.38. The van der Waals surface area contributed by atoms with E-state index in [-0.39, 0.29) is 11.5 Å². The van der Waals surface area contributed by atoms with Crippen LogP contribution in [0.3, 0.4) is 0 Å². The van der Waals surface area contributed by atoms with Crippen LogP contribution in [0.25, 0.3) is 0 Å². The maximum atomic E-state index is 9.94. The summed E-state index contributed by atoms with van der Waals surface area (Å²) >= 11 is 0. The molecule has 3 heterocycles. The van der Waals surface area contributed by atoms with Crippen LogP contribution in [-0.2, 0) is 12.0 Å². The van der Waals surface area contributed by atoms with E-state index in [9.17, 15) is 5.11 Å². The molecule has 0 saturated heterocycles. The van der Waals surface area contributed by atoms with E-state index in [4.69, 9.17) is 4.74 Å². The summed E-state index contributed by atoms with van der Waals surface area (Å²) < 4.78 is 5.78.